The maximum absolute atomic E-state index is 12.6. The molecule has 0 saturated heterocycles. The molecule has 0 aromatic carbocycles. The van der Waals surface area contributed by atoms with Gasteiger partial charge in [-0.25, -0.2) is 0 Å². The largest absolute Gasteiger partial charge is 0.435 e. The second-order valence-electron chi connectivity index (χ2n) is 5.67. The number of nitriles is 1. The van der Waals surface area contributed by atoms with Crippen LogP contribution in [0.2, 0.25) is 0 Å². The zero-order valence-corrected chi connectivity index (χ0v) is 10.8. The van der Waals surface area contributed by atoms with E-state index in [0.29, 0.717) is 6.04 Å². The van der Waals surface area contributed by atoms with Crippen LogP contribution in [0.1, 0.15) is 31.4 Å². The van der Waals surface area contributed by atoms with Gasteiger partial charge < -0.3 is 0 Å². The van der Waals surface area contributed by atoms with Crippen molar-refractivity contribution in [2.24, 2.45) is 5.92 Å². The Bertz CT molecular complexity index is 537. The smallest absolute Gasteiger partial charge is 0.295 e. The predicted octanol–water partition coefficient (Wildman–Crippen LogP) is 2.33. The summed E-state index contributed by atoms with van der Waals surface area (Å²) in [6, 6.07) is 3.57. The second kappa shape index (κ2) is 4.48. The lowest BCUT2D eigenvalue weighted by molar-refractivity contribution is -0.141. The van der Waals surface area contributed by atoms with Gasteiger partial charge in [-0.15, -0.1) is 0 Å². The molecule has 2 aliphatic rings. The summed E-state index contributed by atoms with van der Waals surface area (Å²) in [5.41, 5.74) is -1.69. The maximum Gasteiger partial charge on any atom is 0.435 e. The lowest BCUT2D eigenvalue weighted by atomic mass is 9.94. The summed E-state index contributed by atoms with van der Waals surface area (Å²) in [4.78, 5) is 0. The van der Waals surface area contributed by atoms with Crippen LogP contribution in [-0.4, -0.2) is 21.4 Å². The lowest BCUT2D eigenvalue weighted by Gasteiger charge is -2.28. The van der Waals surface area contributed by atoms with Gasteiger partial charge in [0.1, 0.15) is 5.54 Å². The molecule has 1 unspecified atom stereocenters. The molecule has 2 aliphatic carbocycles. The molecule has 0 spiro atoms. The van der Waals surface area contributed by atoms with Gasteiger partial charge >= 0.3 is 6.18 Å². The Hall–Kier alpha value is -1.55. The minimum Gasteiger partial charge on any atom is -0.295 e. The van der Waals surface area contributed by atoms with Crippen LogP contribution in [-0.2, 0) is 12.7 Å². The van der Waals surface area contributed by atoms with Crippen LogP contribution in [0.4, 0.5) is 13.2 Å². The van der Waals surface area contributed by atoms with Gasteiger partial charge in [0.15, 0.2) is 5.69 Å². The van der Waals surface area contributed by atoms with Gasteiger partial charge in [0.05, 0.1) is 12.6 Å². The molecular formula is C13H15F3N4. The first-order valence-electron chi connectivity index (χ1n) is 6.72. The van der Waals surface area contributed by atoms with Gasteiger partial charge in [-0.2, -0.15) is 23.5 Å². The Morgan fingerprint density at radius 1 is 1.35 bits per heavy atom. The first-order chi connectivity index (χ1) is 9.43. The second-order valence-corrected chi connectivity index (χ2v) is 5.67. The molecule has 0 bridgehead atoms. The fraction of sp³-hybridized carbons (Fsp3) is 0.692. The molecule has 2 fully saturated rings. The highest BCUT2D eigenvalue weighted by Crippen LogP contribution is 2.42. The van der Waals surface area contributed by atoms with Crippen LogP contribution in [0.25, 0.3) is 0 Å². The van der Waals surface area contributed by atoms with Crippen molar-refractivity contribution in [2.75, 3.05) is 0 Å². The Morgan fingerprint density at radius 3 is 2.50 bits per heavy atom. The number of rotatable bonds is 5. The van der Waals surface area contributed by atoms with Gasteiger partial charge in [-0.3, -0.25) is 10.00 Å². The zero-order chi connectivity index (χ0) is 14.4. The van der Waals surface area contributed by atoms with Crippen LogP contribution in [0.3, 0.4) is 0 Å². The lowest BCUT2D eigenvalue weighted by Crippen LogP contribution is -2.50. The van der Waals surface area contributed by atoms with Gasteiger partial charge in [0.2, 0.25) is 0 Å². The fourth-order valence-electron chi connectivity index (χ4n) is 2.48. The Morgan fingerprint density at radius 2 is 2.05 bits per heavy atom. The van der Waals surface area contributed by atoms with E-state index >= 15 is 0 Å². The molecule has 20 heavy (non-hydrogen) atoms. The summed E-state index contributed by atoms with van der Waals surface area (Å²) < 4.78 is 38.9. The van der Waals surface area contributed by atoms with E-state index in [9.17, 15) is 18.4 Å². The summed E-state index contributed by atoms with van der Waals surface area (Å²) in [5, 5.41) is 16.4. The van der Waals surface area contributed by atoms with Gasteiger partial charge in [-0.1, -0.05) is 0 Å². The highest BCUT2D eigenvalue weighted by Gasteiger charge is 2.49. The molecule has 108 valence electrons. The fourth-order valence-corrected chi connectivity index (χ4v) is 2.48. The molecule has 0 amide bonds. The van der Waals surface area contributed by atoms with E-state index in [1.54, 1.807) is 0 Å². The number of nitrogens with zero attached hydrogens (tertiary/aromatic N) is 3. The monoisotopic (exact) mass is 284 g/mol. The molecule has 1 aromatic rings. The van der Waals surface area contributed by atoms with Crippen LogP contribution < -0.4 is 5.32 Å². The highest BCUT2D eigenvalue weighted by molar-refractivity contribution is 5.17. The third-order valence-electron chi connectivity index (χ3n) is 3.86. The molecule has 0 radical (unpaired) electrons. The summed E-state index contributed by atoms with van der Waals surface area (Å²) >= 11 is 0. The molecule has 2 saturated carbocycles. The number of nitrogens with one attached hydrogen (secondary N) is 1. The van der Waals surface area contributed by atoms with E-state index in [0.717, 1.165) is 31.7 Å². The number of halogens is 3. The van der Waals surface area contributed by atoms with Crippen molar-refractivity contribution in [1.82, 2.24) is 15.1 Å². The van der Waals surface area contributed by atoms with Crippen molar-refractivity contribution in [1.29, 1.82) is 5.26 Å². The maximum atomic E-state index is 12.6. The van der Waals surface area contributed by atoms with E-state index in [4.69, 9.17) is 0 Å². The molecule has 1 N–H and O–H groups in total. The molecule has 3 rings (SSSR count). The van der Waals surface area contributed by atoms with Crippen LogP contribution in [0, 0.1) is 17.2 Å². The Kier molecular flexibility index (Phi) is 3.01. The molecule has 1 heterocycles. The van der Waals surface area contributed by atoms with Crippen molar-refractivity contribution >= 4 is 0 Å². The first kappa shape index (κ1) is 13.4. The van der Waals surface area contributed by atoms with Gasteiger partial charge in [-0.05, 0) is 37.7 Å². The van der Waals surface area contributed by atoms with Crippen molar-refractivity contribution < 1.29 is 13.2 Å². The molecule has 0 aliphatic heterocycles. The standard InChI is InChI=1S/C13H15F3N4/c14-13(15,16)11-5-6-20(19-11)8-12(7-17,9-1-2-9)18-10-3-4-10/h5-6,9-10,18H,1-4,8H2. The first-order valence-corrected chi connectivity index (χ1v) is 6.72. The summed E-state index contributed by atoms with van der Waals surface area (Å²) in [5.74, 6) is 0.214. The van der Waals surface area contributed by atoms with E-state index in [2.05, 4.69) is 16.5 Å². The van der Waals surface area contributed by atoms with E-state index in [1.165, 1.54) is 10.9 Å². The number of hydrogen-bond acceptors (Lipinski definition) is 3. The van der Waals surface area contributed by atoms with Crippen molar-refractivity contribution in [3.63, 3.8) is 0 Å². The topological polar surface area (TPSA) is 53.6 Å². The summed E-state index contributed by atoms with van der Waals surface area (Å²) in [6.45, 7) is 0.167. The van der Waals surface area contributed by atoms with Gasteiger partial charge in [0.25, 0.3) is 0 Å². The normalized spacial score (nSPS) is 22.3. The quantitative estimate of drug-likeness (QED) is 0.903. The van der Waals surface area contributed by atoms with Crippen LogP contribution >= 0.6 is 0 Å². The number of aromatic nitrogens is 2. The third-order valence-corrected chi connectivity index (χ3v) is 3.86. The SMILES string of the molecule is N#CC(Cn1ccc(C(F)(F)F)n1)(NC1CC1)C1CC1. The van der Waals surface area contributed by atoms with Crippen molar-refractivity contribution in [3.8, 4) is 6.07 Å². The zero-order valence-electron chi connectivity index (χ0n) is 10.8. The summed E-state index contributed by atoms with van der Waals surface area (Å²) in [6.07, 6.45) is 0.809. The molecule has 1 atom stereocenters. The van der Waals surface area contributed by atoms with E-state index < -0.39 is 17.4 Å². The Labute approximate surface area is 114 Å². The molecule has 1 aromatic heterocycles. The van der Waals surface area contributed by atoms with E-state index in [-0.39, 0.29) is 12.5 Å². The molecule has 4 nitrogen and oxygen atoms in total. The Balaban J connectivity index is 1.79. The van der Waals surface area contributed by atoms with Crippen LogP contribution in [0.5, 0.6) is 0 Å². The molecule has 7 heteroatoms. The average Bonchev–Trinajstić information content (AvgIpc) is 3.27. The number of hydrogen-bond donors (Lipinski definition) is 1. The van der Waals surface area contributed by atoms with Gasteiger partial charge in [0, 0.05) is 12.2 Å². The van der Waals surface area contributed by atoms with Crippen molar-refractivity contribution in [2.45, 2.75) is 50.0 Å². The molecular weight excluding hydrogens is 269 g/mol. The van der Waals surface area contributed by atoms with Crippen LogP contribution in [0.15, 0.2) is 12.3 Å². The average molecular weight is 284 g/mol. The highest BCUT2D eigenvalue weighted by atomic mass is 19.4. The summed E-state index contributed by atoms with van der Waals surface area (Å²) in [7, 11) is 0. The third kappa shape index (κ3) is 2.66. The minimum atomic E-state index is -4.44. The van der Waals surface area contributed by atoms with E-state index in [1.807, 2.05) is 0 Å². The van der Waals surface area contributed by atoms with Crippen molar-refractivity contribution in [3.05, 3.63) is 18.0 Å². The predicted molar refractivity (Wildman–Crippen MR) is 64.5 cm³/mol. The number of alkyl halides is 3. The minimum absolute atomic E-state index is 0.167.